The van der Waals surface area contributed by atoms with Crippen LogP contribution in [0.2, 0.25) is 5.02 Å². The average molecular weight is 403 g/mol. The summed E-state index contributed by atoms with van der Waals surface area (Å²) in [6.07, 6.45) is 4.19. The maximum absolute atomic E-state index is 11.9. The minimum atomic E-state index is -0.363. The number of carbonyl (C=O) groups excluding carboxylic acids is 1. The van der Waals surface area contributed by atoms with Crippen molar-refractivity contribution in [1.29, 1.82) is 0 Å². The molecule has 0 heterocycles. The van der Waals surface area contributed by atoms with E-state index in [1.54, 1.807) is 6.07 Å². The number of hydrogen-bond donors (Lipinski definition) is 2. The Morgan fingerprint density at radius 2 is 1.85 bits per heavy atom. The topological polar surface area (TPSA) is 50.4 Å². The third-order valence-corrected chi connectivity index (χ3v) is 5.72. The van der Waals surface area contributed by atoms with E-state index in [2.05, 4.69) is 16.7 Å². The van der Waals surface area contributed by atoms with Gasteiger partial charge in [-0.2, -0.15) is 0 Å². The summed E-state index contributed by atoms with van der Waals surface area (Å²) in [5, 5.41) is 8.01. The Labute approximate surface area is 170 Å². The molecule has 27 heavy (non-hydrogen) atoms. The third-order valence-electron chi connectivity index (χ3n) is 5.19. The van der Waals surface area contributed by atoms with Gasteiger partial charge >= 0.3 is 5.97 Å². The van der Waals surface area contributed by atoms with Crippen molar-refractivity contribution in [2.75, 3.05) is 12.4 Å². The highest BCUT2D eigenvalue weighted by atomic mass is 35.5. The van der Waals surface area contributed by atoms with E-state index in [4.69, 9.17) is 28.6 Å². The molecule has 6 heteroatoms. The zero-order chi connectivity index (χ0) is 19.4. The predicted octanol–water partition coefficient (Wildman–Crippen LogP) is 5.19. The van der Waals surface area contributed by atoms with Crippen LogP contribution in [-0.2, 0) is 10.3 Å². The first kappa shape index (κ1) is 19.6. The molecule has 0 spiro atoms. The van der Waals surface area contributed by atoms with E-state index in [1.807, 2.05) is 37.3 Å². The number of thiocarbonyl (C=S) groups is 1. The number of rotatable bonds is 4. The highest BCUT2D eigenvalue weighted by Gasteiger charge is 2.37. The molecule has 3 rings (SSSR count). The predicted molar refractivity (Wildman–Crippen MR) is 113 cm³/mol. The lowest BCUT2D eigenvalue weighted by molar-refractivity contribution is 0.0600. The summed E-state index contributed by atoms with van der Waals surface area (Å²) >= 11 is 12.1. The lowest BCUT2D eigenvalue weighted by Gasteiger charge is -2.33. The van der Waals surface area contributed by atoms with Crippen LogP contribution in [0.4, 0.5) is 5.69 Å². The van der Waals surface area contributed by atoms with Crippen molar-refractivity contribution < 1.29 is 9.53 Å². The lowest BCUT2D eigenvalue weighted by Crippen LogP contribution is -2.46. The van der Waals surface area contributed by atoms with Gasteiger partial charge in [-0.1, -0.05) is 48.7 Å². The molecule has 1 saturated carbocycles. The van der Waals surface area contributed by atoms with Crippen LogP contribution in [0.15, 0.2) is 42.5 Å². The number of nitrogens with one attached hydrogen (secondary N) is 2. The van der Waals surface area contributed by atoms with Gasteiger partial charge in [-0.25, -0.2) is 4.79 Å². The highest BCUT2D eigenvalue weighted by Crippen LogP contribution is 2.41. The molecule has 0 aliphatic heterocycles. The van der Waals surface area contributed by atoms with E-state index < -0.39 is 0 Å². The molecule has 2 aromatic rings. The van der Waals surface area contributed by atoms with Crippen molar-refractivity contribution in [1.82, 2.24) is 5.32 Å². The molecule has 2 aromatic carbocycles. The second kappa shape index (κ2) is 8.28. The summed E-state index contributed by atoms with van der Waals surface area (Å²) in [6, 6.07) is 13.4. The van der Waals surface area contributed by atoms with Gasteiger partial charge in [0.15, 0.2) is 5.11 Å². The van der Waals surface area contributed by atoms with Crippen molar-refractivity contribution in [3.05, 3.63) is 64.2 Å². The minimum Gasteiger partial charge on any atom is -0.465 e. The van der Waals surface area contributed by atoms with Crippen molar-refractivity contribution in [2.24, 2.45) is 0 Å². The fourth-order valence-electron chi connectivity index (χ4n) is 3.76. The average Bonchev–Trinajstić information content (AvgIpc) is 3.12. The van der Waals surface area contributed by atoms with Gasteiger partial charge in [0.2, 0.25) is 0 Å². The number of esters is 1. The normalized spacial score (nSPS) is 15.2. The summed E-state index contributed by atoms with van der Waals surface area (Å²) in [5.41, 5.74) is 2.91. The Bertz CT molecular complexity index is 863. The monoisotopic (exact) mass is 402 g/mol. The zero-order valence-corrected chi connectivity index (χ0v) is 17.0. The van der Waals surface area contributed by atoms with E-state index in [1.165, 1.54) is 7.11 Å². The fraction of sp³-hybridized carbons (Fsp3) is 0.333. The summed E-state index contributed by atoms with van der Waals surface area (Å²) in [4.78, 5) is 11.9. The quantitative estimate of drug-likeness (QED) is 0.544. The SMILES string of the molecule is COC(=O)c1cccc(NC(=S)NC2(c3ccccc3Cl)CCCC2)c1C. The number of methoxy groups -OCH3 is 1. The Kier molecular flexibility index (Phi) is 6.02. The van der Waals surface area contributed by atoms with Gasteiger partial charge in [0, 0.05) is 10.7 Å². The summed E-state index contributed by atoms with van der Waals surface area (Å²) in [6.45, 7) is 1.87. The number of halogens is 1. The van der Waals surface area contributed by atoms with Crippen LogP contribution < -0.4 is 10.6 Å². The van der Waals surface area contributed by atoms with Crippen molar-refractivity contribution in [3.8, 4) is 0 Å². The molecular weight excluding hydrogens is 380 g/mol. The second-order valence-corrected chi connectivity index (χ2v) is 7.63. The van der Waals surface area contributed by atoms with Crippen molar-refractivity contribution in [3.63, 3.8) is 0 Å². The van der Waals surface area contributed by atoms with E-state index >= 15 is 0 Å². The van der Waals surface area contributed by atoms with Crippen LogP contribution >= 0.6 is 23.8 Å². The third kappa shape index (κ3) is 4.09. The number of anilines is 1. The first-order valence-electron chi connectivity index (χ1n) is 8.99. The van der Waals surface area contributed by atoms with E-state index in [0.717, 1.165) is 47.5 Å². The van der Waals surface area contributed by atoms with Crippen LogP contribution in [0.1, 0.15) is 47.2 Å². The molecule has 0 radical (unpaired) electrons. The molecule has 0 atom stereocenters. The Morgan fingerprint density at radius 1 is 1.15 bits per heavy atom. The standard InChI is InChI=1S/C21H23ClN2O2S/c1-14-15(19(25)26-2)8-7-11-18(14)23-20(27)24-21(12-5-6-13-21)16-9-3-4-10-17(16)22/h3-4,7-11H,5-6,12-13H2,1-2H3,(H2,23,24,27). The highest BCUT2D eigenvalue weighted by molar-refractivity contribution is 7.80. The van der Waals surface area contributed by atoms with E-state index in [0.29, 0.717) is 10.7 Å². The number of carbonyl (C=O) groups is 1. The summed E-state index contributed by atoms with van der Waals surface area (Å²) < 4.78 is 4.84. The molecule has 0 saturated heterocycles. The van der Waals surface area contributed by atoms with Gasteiger partial charge in [0.25, 0.3) is 0 Å². The number of hydrogen-bond acceptors (Lipinski definition) is 3. The molecule has 0 bridgehead atoms. The Balaban J connectivity index is 1.83. The Hall–Kier alpha value is -2.11. The van der Waals surface area contributed by atoms with E-state index in [-0.39, 0.29) is 11.5 Å². The number of benzene rings is 2. The molecule has 142 valence electrons. The van der Waals surface area contributed by atoms with Crippen LogP contribution in [0.5, 0.6) is 0 Å². The van der Waals surface area contributed by atoms with Gasteiger partial charge in [-0.05, 0) is 61.3 Å². The van der Waals surface area contributed by atoms with Crippen molar-refractivity contribution >= 4 is 40.6 Å². The maximum Gasteiger partial charge on any atom is 0.338 e. The smallest absolute Gasteiger partial charge is 0.338 e. The van der Waals surface area contributed by atoms with E-state index in [9.17, 15) is 4.79 Å². The largest absolute Gasteiger partial charge is 0.465 e. The molecule has 4 nitrogen and oxygen atoms in total. The molecule has 2 N–H and O–H groups in total. The molecule has 1 aliphatic carbocycles. The first-order chi connectivity index (χ1) is 13.0. The minimum absolute atomic E-state index is 0.268. The maximum atomic E-state index is 11.9. The second-order valence-electron chi connectivity index (χ2n) is 6.82. The van der Waals surface area contributed by atoms with Crippen LogP contribution in [-0.4, -0.2) is 18.2 Å². The van der Waals surface area contributed by atoms with Gasteiger partial charge in [-0.3, -0.25) is 0 Å². The van der Waals surface area contributed by atoms with Crippen LogP contribution in [0.3, 0.4) is 0 Å². The zero-order valence-electron chi connectivity index (χ0n) is 15.5. The fourth-order valence-corrected chi connectivity index (χ4v) is 4.38. The first-order valence-corrected chi connectivity index (χ1v) is 9.77. The molecule has 1 aliphatic rings. The van der Waals surface area contributed by atoms with Crippen LogP contribution in [0, 0.1) is 6.92 Å². The number of ether oxygens (including phenoxy) is 1. The molecule has 0 amide bonds. The summed E-state index contributed by atoms with van der Waals surface area (Å²) in [5.74, 6) is -0.363. The molecule has 0 unspecified atom stereocenters. The lowest BCUT2D eigenvalue weighted by atomic mass is 9.88. The van der Waals surface area contributed by atoms with Gasteiger partial charge in [0.05, 0.1) is 18.2 Å². The Morgan fingerprint density at radius 3 is 2.52 bits per heavy atom. The molecule has 0 aromatic heterocycles. The molecule has 1 fully saturated rings. The summed E-state index contributed by atoms with van der Waals surface area (Å²) in [7, 11) is 1.38. The van der Waals surface area contributed by atoms with Gasteiger partial charge < -0.3 is 15.4 Å². The molecular formula is C21H23ClN2O2S. The van der Waals surface area contributed by atoms with Crippen molar-refractivity contribution in [2.45, 2.75) is 38.1 Å². The van der Waals surface area contributed by atoms with Gasteiger partial charge in [0.1, 0.15) is 0 Å². The van der Waals surface area contributed by atoms with Gasteiger partial charge in [-0.15, -0.1) is 0 Å². The van der Waals surface area contributed by atoms with Crippen LogP contribution in [0.25, 0.3) is 0 Å².